The Kier molecular flexibility index (Phi) is 2.79. The maximum atomic E-state index is 11.4. The maximum absolute atomic E-state index is 11.4. The molecule has 16 heavy (non-hydrogen) atoms. The number of phenolic OH excluding ortho intramolecular Hbond substituents is 1. The number of hydrogen-bond donors (Lipinski definition) is 1. The van der Waals surface area contributed by atoms with E-state index < -0.39 is 5.97 Å². The van der Waals surface area contributed by atoms with Crippen molar-refractivity contribution in [2.75, 3.05) is 7.11 Å². The number of hydrogen-bond acceptors (Lipinski definition) is 4. The molecule has 1 aromatic carbocycles. The summed E-state index contributed by atoms with van der Waals surface area (Å²) in [4.78, 5) is 11.4. The van der Waals surface area contributed by atoms with Gasteiger partial charge in [0.05, 0.1) is 10.7 Å². The summed E-state index contributed by atoms with van der Waals surface area (Å²) in [6.07, 6.45) is 0. The zero-order chi connectivity index (χ0) is 11.9. The van der Waals surface area contributed by atoms with Gasteiger partial charge in [0.15, 0.2) is 5.58 Å². The molecule has 0 radical (unpaired) electrons. The van der Waals surface area contributed by atoms with Crippen molar-refractivity contribution in [2.45, 2.75) is 6.92 Å². The molecule has 0 atom stereocenters. The fraction of sp³-hybridized carbons (Fsp3) is 0.182. The molecule has 4 nitrogen and oxygen atoms in total. The number of aryl methyl sites for hydroxylation is 1. The van der Waals surface area contributed by atoms with Gasteiger partial charge in [0, 0.05) is 10.9 Å². The summed E-state index contributed by atoms with van der Waals surface area (Å²) in [5, 5.41) is 10.3. The van der Waals surface area contributed by atoms with Crippen LogP contribution >= 0.6 is 22.6 Å². The molecule has 1 heterocycles. The first kappa shape index (κ1) is 11.3. The Balaban J connectivity index is 2.77. The van der Waals surface area contributed by atoms with Crippen molar-refractivity contribution in [3.8, 4) is 5.75 Å². The van der Waals surface area contributed by atoms with Gasteiger partial charge in [-0.1, -0.05) is 0 Å². The Labute approximate surface area is 105 Å². The van der Waals surface area contributed by atoms with Crippen LogP contribution in [-0.2, 0) is 4.74 Å². The van der Waals surface area contributed by atoms with Crippen molar-refractivity contribution < 1.29 is 19.1 Å². The summed E-state index contributed by atoms with van der Waals surface area (Å²) in [6, 6.07) is 3.30. The Bertz CT molecular complexity index is 571. The molecule has 0 amide bonds. The zero-order valence-electron chi connectivity index (χ0n) is 8.70. The third-order valence-corrected chi connectivity index (χ3v) is 3.44. The Hall–Kier alpha value is -1.24. The number of phenols is 1. The van der Waals surface area contributed by atoms with Gasteiger partial charge in [-0.3, -0.25) is 0 Å². The molecule has 1 aromatic heterocycles. The lowest BCUT2D eigenvalue weighted by molar-refractivity contribution is 0.0566. The van der Waals surface area contributed by atoms with E-state index in [2.05, 4.69) is 4.74 Å². The summed E-state index contributed by atoms with van der Waals surface area (Å²) >= 11 is 1.97. The summed E-state index contributed by atoms with van der Waals surface area (Å²) in [7, 11) is 1.30. The number of rotatable bonds is 1. The van der Waals surface area contributed by atoms with Gasteiger partial charge < -0.3 is 14.3 Å². The summed E-state index contributed by atoms with van der Waals surface area (Å²) in [5.41, 5.74) is 1.23. The standard InChI is InChI=1S/C11H9IO4/c1-5-6-3-4-7(13)8(12)10(6)16-9(5)11(14)15-2/h3-4,13H,1-2H3. The molecule has 0 fully saturated rings. The molecule has 0 saturated heterocycles. The minimum Gasteiger partial charge on any atom is -0.507 e. The Morgan fingerprint density at radius 3 is 2.81 bits per heavy atom. The van der Waals surface area contributed by atoms with Crippen LogP contribution in [0.5, 0.6) is 5.75 Å². The van der Waals surface area contributed by atoms with E-state index in [0.717, 1.165) is 10.9 Å². The minimum atomic E-state index is -0.510. The van der Waals surface area contributed by atoms with E-state index in [1.54, 1.807) is 19.1 Å². The molecular formula is C11H9IO4. The number of benzene rings is 1. The van der Waals surface area contributed by atoms with E-state index in [1.165, 1.54) is 7.11 Å². The number of ether oxygens (including phenoxy) is 1. The van der Waals surface area contributed by atoms with E-state index in [1.807, 2.05) is 22.6 Å². The highest BCUT2D eigenvalue weighted by Gasteiger charge is 2.20. The van der Waals surface area contributed by atoms with Gasteiger partial charge in [-0.2, -0.15) is 0 Å². The Morgan fingerprint density at radius 2 is 2.19 bits per heavy atom. The average Bonchev–Trinajstić information content (AvgIpc) is 2.61. The van der Waals surface area contributed by atoms with Crippen LogP contribution in [0.15, 0.2) is 16.5 Å². The topological polar surface area (TPSA) is 59.7 Å². The minimum absolute atomic E-state index is 0.137. The number of furan rings is 1. The molecule has 2 rings (SSSR count). The molecule has 0 aliphatic carbocycles. The molecule has 5 heteroatoms. The maximum Gasteiger partial charge on any atom is 0.374 e. The lowest BCUT2D eigenvalue weighted by Gasteiger charge is -1.96. The second-order valence-corrected chi connectivity index (χ2v) is 4.40. The molecule has 0 unspecified atom stereocenters. The lowest BCUT2D eigenvalue weighted by Crippen LogP contribution is -2.00. The van der Waals surface area contributed by atoms with E-state index in [4.69, 9.17) is 4.42 Å². The van der Waals surface area contributed by atoms with Crippen LogP contribution < -0.4 is 0 Å². The van der Waals surface area contributed by atoms with E-state index in [9.17, 15) is 9.90 Å². The highest BCUT2D eigenvalue weighted by atomic mass is 127. The largest absolute Gasteiger partial charge is 0.507 e. The normalized spacial score (nSPS) is 10.7. The van der Waals surface area contributed by atoms with Gasteiger partial charge in [-0.25, -0.2) is 4.79 Å². The predicted octanol–water partition coefficient (Wildman–Crippen LogP) is 2.84. The smallest absolute Gasteiger partial charge is 0.374 e. The van der Waals surface area contributed by atoms with Crippen molar-refractivity contribution in [3.05, 3.63) is 27.0 Å². The second kappa shape index (κ2) is 3.97. The van der Waals surface area contributed by atoms with Crippen LogP contribution in [0.3, 0.4) is 0 Å². The molecule has 0 spiro atoms. The second-order valence-electron chi connectivity index (χ2n) is 3.32. The zero-order valence-corrected chi connectivity index (χ0v) is 10.9. The Morgan fingerprint density at radius 1 is 1.50 bits per heavy atom. The summed E-state index contributed by atoms with van der Waals surface area (Å²) in [6.45, 7) is 1.78. The third-order valence-electron chi connectivity index (χ3n) is 2.40. The van der Waals surface area contributed by atoms with E-state index in [0.29, 0.717) is 9.15 Å². The van der Waals surface area contributed by atoms with Crippen LogP contribution in [0.2, 0.25) is 0 Å². The van der Waals surface area contributed by atoms with E-state index >= 15 is 0 Å². The highest BCUT2D eigenvalue weighted by Crippen LogP contribution is 2.33. The molecular weight excluding hydrogens is 323 g/mol. The third kappa shape index (κ3) is 1.55. The molecule has 0 aliphatic rings. The molecule has 2 aromatic rings. The number of methoxy groups -OCH3 is 1. The number of esters is 1. The predicted molar refractivity (Wildman–Crippen MR) is 66.7 cm³/mol. The molecule has 0 saturated carbocycles. The van der Waals surface area contributed by atoms with Gasteiger partial charge in [-0.05, 0) is 41.6 Å². The number of carbonyl (C=O) groups is 1. The van der Waals surface area contributed by atoms with Crippen molar-refractivity contribution >= 4 is 39.5 Å². The fourth-order valence-electron chi connectivity index (χ4n) is 1.53. The monoisotopic (exact) mass is 332 g/mol. The van der Waals surface area contributed by atoms with Gasteiger partial charge in [0.2, 0.25) is 5.76 Å². The SMILES string of the molecule is COC(=O)c1oc2c(I)c(O)ccc2c1C. The first-order chi connectivity index (χ1) is 7.56. The number of aromatic hydroxyl groups is 1. The number of fused-ring (bicyclic) bond motifs is 1. The molecule has 0 bridgehead atoms. The van der Waals surface area contributed by atoms with Gasteiger partial charge in [0.25, 0.3) is 0 Å². The van der Waals surface area contributed by atoms with Crippen LogP contribution in [0, 0.1) is 10.5 Å². The highest BCUT2D eigenvalue weighted by molar-refractivity contribution is 14.1. The van der Waals surface area contributed by atoms with Crippen molar-refractivity contribution in [1.29, 1.82) is 0 Å². The van der Waals surface area contributed by atoms with Gasteiger partial charge >= 0.3 is 5.97 Å². The lowest BCUT2D eigenvalue weighted by atomic mass is 10.1. The molecule has 0 aliphatic heterocycles. The van der Waals surface area contributed by atoms with Crippen molar-refractivity contribution in [2.24, 2.45) is 0 Å². The average molecular weight is 332 g/mol. The summed E-state index contributed by atoms with van der Waals surface area (Å²) in [5.74, 6) is -0.191. The first-order valence-electron chi connectivity index (χ1n) is 4.55. The number of halogens is 1. The first-order valence-corrected chi connectivity index (χ1v) is 5.63. The molecule has 1 N–H and O–H groups in total. The van der Waals surface area contributed by atoms with Crippen LogP contribution in [0.4, 0.5) is 0 Å². The van der Waals surface area contributed by atoms with Crippen LogP contribution in [0.25, 0.3) is 11.0 Å². The van der Waals surface area contributed by atoms with Crippen LogP contribution in [0.1, 0.15) is 16.1 Å². The van der Waals surface area contributed by atoms with Crippen molar-refractivity contribution in [3.63, 3.8) is 0 Å². The van der Waals surface area contributed by atoms with Crippen molar-refractivity contribution in [1.82, 2.24) is 0 Å². The van der Waals surface area contributed by atoms with Gasteiger partial charge in [0.1, 0.15) is 5.75 Å². The fourth-order valence-corrected chi connectivity index (χ4v) is 2.11. The molecule has 84 valence electrons. The van der Waals surface area contributed by atoms with Crippen LogP contribution in [-0.4, -0.2) is 18.2 Å². The van der Waals surface area contributed by atoms with Gasteiger partial charge in [-0.15, -0.1) is 0 Å². The summed E-state index contributed by atoms with van der Waals surface area (Å²) < 4.78 is 10.6. The number of carbonyl (C=O) groups excluding carboxylic acids is 1. The quantitative estimate of drug-likeness (QED) is 0.644. The van der Waals surface area contributed by atoms with E-state index in [-0.39, 0.29) is 11.5 Å².